The Morgan fingerprint density at radius 2 is 1.20 bits per heavy atom. The number of carbonyl (C=O) groups excluding carboxylic acids is 7. The van der Waals surface area contributed by atoms with Gasteiger partial charge in [-0.2, -0.15) is 0 Å². The predicted octanol–water partition coefficient (Wildman–Crippen LogP) is -0.944. The number of benzene rings is 4. The largest absolute Gasteiger partial charge is 0.508 e. The molecular weight excluding hydrogens is 1100 g/mol. The predicted molar refractivity (Wildman–Crippen MR) is 306 cm³/mol. The van der Waals surface area contributed by atoms with Crippen LogP contribution in [0.5, 0.6) is 11.5 Å². The summed E-state index contributed by atoms with van der Waals surface area (Å²) < 4.78 is 11.6. The summed E-state index contributed by atoms with van der Waals surface area (Å²) in [5, 5.41) is 102. The first-order valence-electron chi connectivity index (χ1n) is 28.5. The van der Waals surface area contributed by atoms with Crippen molar-refractivity contribution in [1.82, 2.24) is 36.4 Å². The second kappa shape index (κ2) is 29.5. The molecule has 15 unspecified atom stereocenters. The van der Waals surface area contributed by atoms with Gasteiger partial charge in [0.1, 0.15) is 66.1 Å². The van der Waals surface area contributed by atoms with Crippen LogP contribution in [0.3, 0.4) is 0 Å². The molecule has 0 bridgehead atoms. The van der Waals surface area contributed by atoms with E-state index < -0.39 is 152 Å². The van der Waals surface area contributed by atoms with Gasteiger partial charge in [0, 0.05) is 44.0 Å². The molecule has 0 spiro atoms. The number of nitrogens with two attached hydrogens (primary N) is 1. The van der Waals surface area contributed by atoms with Crippen molar-refractivity contribution in [2.75, 3.05) is 32.8 Å². The molecule has 7 rings (SSSR count). The highest BCUT2D eigenvalue weighted by Crippen LogP contribution is 2.30. The summed E-state index contributed by atoms with van der Waals surface area (Å²) in [6.07, 6.45) is -12.8. The number of rotatable bonds is 17. The van der Waals surface area contributed by atoms with E-state index in [1.807, 2.05) is 48.5 Å². The average molecular weight is 1180 g/mol. The molecule has 0 radical (unpaired) electrons. The van der Waals surface area contributed by atoms with Crippen molar-refractivity contribution in [3.8, 4) is 33.8 Å². The molecule has 3 aliphatic rings. The van der Waals surface area contributed by atoms with Gasteiger partial charge in [-0.1, -0.05) is 87.4 Å². The monoisotopic (exact) mass is 1180 g/mol. The Bertz CT molecular complexity index is 2930. The average Bonchev–Trinajstić information content (AvgIpc) is 3.51. The molecule has 3 heterocycles. The molecule has 0 aliphatic carbocycles. The van der Waals surface area contributed by atoms with Gasteiger partial charge in [-0.05, 0) is 84.5 Å². The summed E-state index contributed by atoms with van der Waals surface area (Å²) >= 11 is 0. The van der Waals surface area contributed by atoms with Crippen LogP contribution in [-0.2, 0) is 33.5 Å². The fraction of sp³-hybridized carbons (Fsp3) is 0.483. The van der Waals surface area contributed by atoms with E-state index in [1.165, 1.54) is 31.2 Å². The number of aromatic hydroxyl groups is 1. The molecule has 85 heavy (non-hydrogen) atoms. The SMILES string of the molecule is CCCCCOc1ccc(-c2ccc(-c3ccc(C(=O)NC4CC(O)C(OCCN)NC(=O)C5C(O)C(C)CN5C(=O)C(C(C)O)NC(=O)C(C(O)C(O)c5ccc(O)cc5)NC(=O)C5CC(O)CN5C(=O)C(C(C)O)NC4=O)cc3)cc2)cc1. The zero-order valence-electron chi connectivity index (χ0n) is 47.7. The van der Waals surface area contributed by atoms with Gasteiger partial charge in [0.2, 0.25) is 35.4 Å². The number of ether oxygens (including phenoxy) is 2. The Balaban J connectivity index is 1.21. The van der Waals surface area contributed by atoms with Gasteiger partial charge >= 0.3 is 0 Å². The van der Waals surface area contributed by atoms with E-state index in [0.29, 0.717) is 6.61 Å². The van der Waals surface area contributed by atoms with E-state index in [1.54, 1.807) is 12.1 Å². The first-order valence-corrected chi connectivity index (χ1v) is 28.5. The third-order valence-electron chi connectivity index (χ3n) is 15.4. The first kappa shape index (κ1) is 65.0. The third kappa shape index (κ3) is 16.0. The molecule has 460 valence electrons. The number of carbonyl (C=O) groups is 7. The minimum Gasteiger partial charge on any atom is -0.508 e. The normalized spacial score (nSPS) is 27.0. The smallest absolute Gasteiger partial charge is 0.251 e. The lowest BCUT2D eigenvalue weighted by Gasteiger charge is -2.34. The van der Waals surface area contributed by atoms with Crippen molar-refractivity contribution >= 4 is 41.4 Å². The topological polar surface area (TPSA) is 392 Å². The number of aliphatic hydroxyl groups excluding tert-OH is 7. The van der Waals surface area contributed by atoms with Crippen LogP contribution in [0.2, 0.25) is 0 Å². The zero-order valence-corrected chi connectivity index (χ0v) is 47.7. The number of hydrogen-bond acceptors (Lipinski definition) is 18. The number of hydrogen-bond donors (Lipinski definition) is 14. The van der Waals surface area contributed by atoms with Crippen molar-refractivity contribution in [3.63, 3.8) is 0 Å². The lowest BCUT2D eigenvalue weighted by atomic mass is 9.96. The van der Waals surface area contributed by atoms with Crippen molar-refractivity contribution in [2.24, 2.45) is 11.7 Å². The number of phenolic OH excluding ortho intramolecular Hbond substituents is 1. The molecule has 7 amide bonds. The summed E-state index contributed by atoms with van der Waals surface area (Å²) in [5.41, 5.74) is 9.20. The molecular formula is C60H78N8O17. The Labute approximate surface area is 491 Å². The summed E-state index contributed by atoms with van der Waals surface area (Å²) in [7, 11) is 0. The van der Waals surface area contributed by atoms with E-state index in [9.17, 15) is 74.4 Å². The maximum Gasteiger partial charge on any atom is 0.251 e. The molecule has 3 saturated heterocycles. The molecule has 4 aromatic rings. The number of aliphatic hydroxyl groups is 7. The van der Waals surface area contributed by atoms with Crippen molar-refractivity contribution < 1.29 is 83.9 Å². The maximum absolute atomic E-state index is 14.7. The fourth-order valence-corrected chi connectivity index (χ4v) is 10.6. The number of nitrogens with one attached hydrogen (secondary N) is 5. The van der Waals surface area contributed by atoms with Gasteiger partial charge in [0.15, 0.2) is 6.23 Å². The number of nitrogens with zero attached hydrogens (tertiary/aromatic N) is 2. The van der Waals surface area contributed by atoms with Crippen molar-refractivity contribution in [1.29, 1.82) is 0 Å². The van der Waals surface area contributed by atoms with Crippen molar-refractivity contribution in [3.05, 3.63) is 108 Å². The summed E-state index contributed by atoms with van der Waals surface area (Å²) in [6.45, 7) is 5.08. The molecule has 4 aromatic carbocycles. The van der Waals surface area contributed by atoms with E-state index in [4.69, 9.17) is 15.2 Å². The van der Waals surface area contributed by atoms with Crippen LogP contribution < -0.4 is 37.1 Å². The number of phenols is 1. The standard InChI is InChI=1S/C60H78N8O17/c1-5-6-7-25-84-42-22-18-37(19-23-42)35-10-8-34(9-11-35)36-12-14-39(15-13-36)53(77)62-43-28-45(73)58(85-26-24-61)66-57(81)49-50(74)31(2)29-68(49)60(83)47(33(4)70)64-56(80)48(52(76)51(75)38-16-20-40(71)21-17-38)65-55(79)44-27-41(72)30-67(44)59(82)46(32(3)69)63-54(43)78/h8-23,31-33,41,43-52,58,69-76H,5-7,24-30,61H2,1-4H3,(H,62,77)(H,63,78)(H,64,80)(H,65,79)(H,66,81). The Morgan fingerprint density at radius 1 is 0.659 bits per heavy atom. The molecule has 25 heteroatoms. The summed E-state index contributed by atoms with van der Waals surface area (Å²) in [5.74, 6) is -8.38. The minimum absolute atomic E-state index is 0.0332. The van der Waals surface area contributed by atoms with Crippen LogP contribution in [0.15, 0.2) is 97.1 Å². The Kier molecular flexibility index (Phi) is 22.5. The fourth-order valence-electron chi connectivity index (χ4n) is 10.6. The van der Waals surface area contributed by atoms with Crippen LogP contribution in [0.25, 0.3) is 22.3 Å². The number of fused-ring (bicyclic) bond motifs is 2. The molecule has 15 N–H and O–H groups in total. The van der Waals surface area contributed by atoms with E-state index in [0.717, 1.165) is 83.0 Å². The second-order valence-electron chi connectivity index (χ2n) is 21.9. The second-order valence-corrected chi connectivity index (χ2v) is 21.9. The van der Waals surface area contributed by atoms with Crippen LogP contribution in [0, 0.1) is 5.92 Å². The molecule has 0 saturated carbocycles. The van der Waals surface area contributed by atoms with Crippen LogP contribution >= 0.6 is 0 Å². The Hall–Kier alpha value is -7.59. The Morgan fingerprint density at radius 3 is 1.76 bits per heavy atom. The van der Waals surface area contributed by atoms with Gasteiger partial charge in [0.25, 0.3) is 5.91 Å². The van der Waals surface area contributed by atoms with Crippen LogP contribution in [-0.4, -0.2) is 204 Å². The number of unbranched alkanes of at least 4 members (excludes halogenated alkanes) is 2. The molecule has 15 atom stereocenters. The van der Waals surface area contributed by atoms with Crippen molar-refractivity contribution in [2.45, 2.75) is 145 Å². The maximum atomic E-state index is 14.7. The van der Waals surface area contributed by atoms with Gasteiger partial charge in [0.05, 0.1) is 37.6 Å². The highest BCUT2D eigenvalue weighted by Gasteiger charge is 2.50. The summed E-state index contributed by atoms with van der Waals surface area (Å²) in [6, 6.07) is 15.1. The quantitative estimate of drug-likeness (QED) is 0.0567. The minimum atomic E-state index is -2.29. The molecule has 25 nitrogen and oxygen atoms in total. The number of amides is 7. The van der Waals surface area contributed by atoms with E-state index in [-0.39, 0.29) is 36.6 Å². The van der Waals surface area contributed by atoms with Gasteiger partial charge in [-0.25, -0.2) is 0 Å². The van der Waals surface area contributed by atoms with Gasteiger partial charge < -0.3 is 92.4 Å². The van der Waals surface area contributed by atoms with E-state index >= 15 is 0 Å². The van der Waals surface area contributed by atoms with Gasteiger partial charge in [-0.15, -0.1) is 0 Å². The third-order valence-corrected chi connectivity index (χ3v) is 15.4. The van der Waals surface area contributed by atoms with Crippen LogP contribution in [0.4, 0.5) is 0 Å². The van der Waals surface area contributed by atoms with Crippen LogP contribution in [0.1, 0.15) is 81.8 Å². The lowest BCUT2D eigenvalue weighted by molar-refractivity contribution is -0.149. The molecule has 3 fully saturated rings. The highest BCUT2D eigenvalue weighted by molar-refractivity contribution is 6.00. The lowest BCUT2D eigenvalue weighted by Crippen LogP contribution is -2.64. The van der Waals surface area contributed by atoms with Gasteiger partial charge in [-0.3, -0.25) is 33.6 Å². The summed E-state index contributed by atoms with van der Waals surface area (Å²) in [4.78, 5) is 103. The zero-order chi connectivity index (χ0) is 61.8. The first-order chi connectivity index (χ1) is 40.5. The molecule has 3 aliphatic heterocycles. The van der Waals surface area contributed by atoms with E-state index in [2.05, 4.69) is 33.5 Å². The highest BCUT2D eigenvalue weighted by atomic mass is 16.5. The molecule has 0 aromatic heterocycles.